The predicted molar refractivity (Wildman–Crippen MR) is 67.8 cm³/mol. The first-order valence-electron chi connectivity index (χ1n) is 5.85. The van der Waals surface area contributed by atoms with E-state index in [1.807, 2.05) is 19.0 Å². The standard InChI is InChI=1S/C11H21N3O5/c1-14(2)7-6-12-11(18)13-8(10(16)17)4-5-9(15)19-3/h8H,4-7H2,1-3H3,(H,16,17)(H2,12,13,18)/t8-/m1/s1. The van der Waals surface area contributed by atoms with E-state index in [9.17, 15) is 14.4 Å². The summed E-state index contributed by atoms with van der Waals surface area (Å²) in [7, 11) is 4.94. The van der Waals surface area contributed by atoms with Gasteiger partial charge in [-0.05, 0) is 20.5 Å². The van der Waals surface area contributed by atoms with Gasteiger partial charge >= 0.3 is 18.0 Å². The molecule has 8 nitrogen and oxygen atoms in total. The monoisotopic (exact) mass is 275 g/mol. The molecule has 0 spiro atoms. The number of hydrogen-bond acceptors (Lipinski definition) is 5. The topological polar surface area (TPSA) is 108 Å². The lowest BCUT2D eigenvalue weighted by Crippen LogP contribution is -2.47. The number of aliphatic carboxylic acids is 1. The lowest BCUT2D eigenvalue weighted by Gasteiger charge is -2.15. The maximum Gasteiger partial charge on any atom is 0.326 e. The number of carboxylic acid groups (broad SMARTS) is 1. The summed E-state index contributed by atoms with van der Waals surface area (Å²) in [5.41, 5.74) is 0. The van der Waals surface area contributed by atoms with E-state index in [0.29, 0.717) is 13.1 Å². The molecule has 1 atom stereocenters. The highest BCUT2D eigenvalue weighted by atomic mass is 16.5. The van der Waals surface area contributed by atoms with Gasteiger partial charge in [0.25, 0.3) is 0 Å². The van der Waals surface area contributed by atoms with E-state index in [2.05, 4.69) is 15.4 Å². The molecule has 3 N–H and O–H groups in total. The van der Waals surface area contributed by atoms with Crippen molar-refractivity contribution >= 4 is 18.0 Å². The van der Waals surface area contributed by atoms with Gasteiger partial charge in [-0.3, -0.25) is 4.79 Å². The van der Waals surface area contributed by atoms with Crippen molar-refractivity contribution in [2.75, 3.05) is 34.3 Å². The molecule has 8 heteroatoms. The summed E-state index contributed by atoms with van der Waals surface area (Å²) in [6, 6.07) is -1.68. The molecule has 0 aliphatic heterocycles. The van der Waals surface area contributed by atoms with Crippen LogP contribution in [0.4, 0.5) is 4.79 Å². The van der Waals surface area contributed by atoms with E-state index in [1.165, 1.54) is 7.11 Å². The number of esters is 1. The van der Waals surface area contributed by atoms with E-state index in [0.717, 1.165) is 0 Å². The van der Waals surface area contributed by atoms with Gasteiger partial charge in [0.15, 0.2) is 0 Å². The fourth-order valence-corrected chi connectivity index (χ4v) is 1.22. The molecule has 0 bridgehead atoms. The molecule has 0 unspecified atom stereocenters. The highest BCUT2D eigenvalue weighted by Crippen LogP contribution is 1.99. The molecule has 0 heterocycles. The number of rotatable bonds is 8. The van der Waals surface area contributed by atoms with Gasteiger partial charge in [-0.25, -0.2) is 9.59 Å². The molecule has 0 radical (unpaired) electrons. The van der Waals surface area contributed by atoms with Crippen LogP contribution >= 0.6 is 0 Å². The Bertz CT molecular complexity index is 319. The van der Waals surface area contributed by atoms with Crippen LogP contribution in [0.2, 0.25) is 0 Å². The second-order valence-electron chi connectivity index (χ2n) is 4.21. The van der Waals surface area contributed by atoms with Gasteiger partial charge in [-0.1, -0.05) is 0 Å². The van der Waals surface area contributed by atoms with Gasteiger partial charge in [-0.15, -0.1) is 0 Å². The highest BCUT2D eigenvalue weighted by Gasteiger charge is 2.20. The van der Waals surface area contributed by atoms with Crippen molar-refractivity contribution in [2.45, 2.75) is 18.9 Å². The number of likely N-dealkylation sites (N-methyl/N-ethyl adjacent to an activating group) is 1. The van der Waals surface area contributed by atoms with E-state index >= 15 is 0 Å². The average molecular weight is 275 g/mol. The van der Waals surface area contributed by atoms with Crippen LogP contribution in [-0.2, 0) is 14.3 Å². The number of nitrogens with zero attached hydrogens (tertiary/aromatic N) is 1. The smallest absolute Gasteiger partial charge is 0.326 e. The summed E-state index contributed by atoms with van der Waals surface area (Å²) in [6.45, 7) is 1.05. The fourth-order valence-electron chi connectivity index (χ4n) is 1.22. The third kappa shape index (κ3) is 8.83. The minimum Gasteiger partial charge on any atom is -0.480 e. The summed E-state index contributed by atoms with van der Waals surface area (Å²) in [5.74, 6) is -1.70. The van der Waals surface area contributed by atoms with Crippen LogP contribution in [0.5, 0.6) is 0 Å². The zero-order valence-corrected chi connectivity index (χ0v) is 11.4. The Balaban J connectivity index is 4.08. The Kier molecular flexibility index (Phi) is 8.27. The number of hydrogen-bond donors (Lipinski definition) is 3. The Hall–Kier alpha value is -1.83. The van der Waals surface area contributed by atoms with E-state index < -0.39 is 24.0 Å². The molecular weight excluding hydrogens is 254 g/mol. The van der Waals surface area contributed by atoms with Crippen LogP contribution in [-0.4, -0.2) is 68.3 Å². The highest BCUT2D eigenvalue weighted by molar-refractivity contribution is 5.83. The Morgan fingerprint density at radius 2 is 1.95 bits per heavy atom. The minimum atomic E-state index is -1.19. The Morgan fingerprint density at radius 1 is 1.32 bits per heavy atom. The largest absolute Gasteiger partial charge is 0.480 e. The second kappa shape index (κ2) is 9.15. The number of carbonyl (C=O) groups excluding carboxylic acids is 2. The number of methoxy groups -OCH3 is 1. The molecule has 2 amide bonds. The van der Waals surface area contributed by atoms with Crippen molar-refractivity contribution in [3.05, 3.63) is 0 Å². The number of carboxylic acids is 1. The second-order valence-corrected chi connectivity index (χ2v) is 4.21. The van der Waals surface area contributed by atoms with Gasteiger partial charge in [0.1, 0.15) is 6.04 Å². The van der Waals surface area contributed by atoms with Crippen LogP contribution < -0.4 is 10.6 Å². The number of nitrogens with one attached hydrogen (secondary N) is 2. The quantitative estimate of drug-likeness (QED) is 0.503. The van der Waals surface area contributed by atoms with Crippen molar-refractivity contribution in [3.63, 3.8) is 0 Å². The number of carbonyl (C=O) groups is 3. The zero-order chi connectivity index (χ0) is 14.8. The van der Waals surface area contributed by atoms with Crippen molar-refractivity contribution in [1.82, 2.24) is 15.5 Å². The lowest BCUT2D eigenvalue weighted by atomic mass is 10.1. The minimum absolute atomic E-state index is 0.0108. The summed E-state index contributed by atoms with van der Waals surface area (Å²) >= 11 is 0. The molecule has 110 valence electrons. The number of urea groups is 1. The molecule has 0 saturated heterocycles. The first-order valence-corrected chi connectivity index (χ1v) is 5.85. The molecular formula is C11H21N3O5. The molecule has 0 aromatic carbocycles. The van der Waals surface area contributed by atoms with Crippen LogP contribution in [0.25, 0.3) is 0 Å². The normalized spacial score (nSPS) is 11.8. The summed E-state index contributed by atoms with van der Waals surface area (Å²) in [6.07, 6.45) is -0.0748. The average Bonchev–Trinajstić information content (AvgIpc) is 2.33. The molecule has 0 saturated carbocycles. The van der Waals surface area contributed by atoms with Gasteiger partial charge in [0.05, 0.1) is 7.11 Å². The number of amides is 2. The van der Waals surface area contributed by atoms with Crippen molar-refractivity contribution < 1.29 is 24.2 Å². The molecule has 19 heavy (non-hydrogen) atoms. The first kappa shape index (κ1) is 17.2. The van der Waals surface area contributed by atoms with Crippen LogP contribution in [0.15, 0.2) is 0 Å². The summed E-state index contributed by atoms with van der Waals surface area (Å²) in [5, 5.41) is 13.7. The third-order valence-electron chi connectivity index (χ3n) is 2.31. The van der Waals surface area contributed by atoms with Crippen LogP contribution in [0.3, 0.4) is 0 Å². The molecule has 0 aliphatic carbocycles. The molecule has 0 aromatic rings. The predicted octanol–water partition coefficient (Wildman–Crippen LogP) is -0.746. The zero-order valence-electron chi connectivity index (χ0n) is 11.4. The first-order chi connectivity index (χ1) is 8.86. The molecule has 0 fully saturated rings. The third-order valence-corrected chi connectivity index (χ3v) is 2.31. The van der Waals surface area contributed by atoms with Gasteiger partial charge in [-0.2, -0.15) is 0 Å². The SMILES string of the molecule is COC(=O)CC[C@@H](NC(=O)NCCN(C)C)C(=O)O. The van der Waals surface area contributed by atoms with Crippen LogP contribution in [0, 0.1) is 0 Å². The van der Waals surface area contributed by atoms with Gasteiger partial charge in [0.2, 0.25) is 0 Å². The maximum absolute atomic E-state index is 11.4. The number of ether oxygens (including phenoxy) is 1. The van der Waals surface area contributed by atoms with Gasteiger partial charge in [0, 0.05) is 19.5 Å². The molecule has 0 aliphatic rings. The molecule has 0 aromatic heterocycles. The van der Waals surface area contributed by atoms with Crippen LogP contribution in [0.1, 0.15) is 12.8 Å². The Morgan fingerprint density at radius 3 is 2.42 bits per heavy atom. The summed E-state index contributed by atoms with van der Waals surface area (Å²) < 4.78 is 4.41. The van der Waals surface area contributed by atoms with Crippen molar-refractivity contribution in [1.29, 1.82) is 0 Å². The van der Waals surface area contributed by atoms with Crippen molar-refractivity contribution in [2.24, 2.45) is 0 Å². The molecule has 0 rings (SSSR count). The van der Waals surface area contributed by atoms with E-state index in [1.54, 1.807) is 0 Å². The Labute approximate surface area is 112 Å². The van der Waals surface area contributed by atoms with Gasteiger partial charge < -0.3 is 25.4 Å². The fraction of sp³-hybridized carbons (Fsp3) is 0.727. The maximum atomic E-state index is 11.4. The van der Waals surface area contributed by atoms with Crippen molar-refractivity contribution in [3.8, 4) is 0 Å². The van der Waals surface area contributed by atoms with E-state index in [-0.39, 0.29) is 12.8 Å². The van der Waals surface area contributed by atoms with E-state index in [4.69, 9.17) is 5.11 Å². The summed E-state index contributed by atoms with van der Waals surface area (Å²) in [4.78, 5) is 35.2. The lowest BCUT2D eigenvalue weighted by molar-refractivity contribution is -0.142.